The molecule has 0 bridgehead atoms. The largest absolute Gasteiger partial charge is 0.477 e. The quantitative estimate of drug-likeness (QED) is 0.285. The van der Waals surface area contributed by atoms with Crippen molar-refractivity contribution in [1.29, 1.82) is 0 Å². The molecule has 0 saturated carbocycles. The molecule has 0 aromatic heterocycles. The lowest BCUT2D eigenvalue weighted by Crippen LogP contribution is -2.70. The zero-order valence-electron chi connectivity index (χ0n) is 19.3. The summed E-state index contributed by atoms with van der Waals surface area (Å²) >= 11 is 1.16. The lowest BCUT2D eigenvalue weighted by atomic mass is 10.0. The van der Waals surface area contributed by atoms with E-state index in [4.69, 9.17) is 4.74 Å². The Morgan fingerprint density at radius 1 is 1.05 bits per heavy atom. The van der Waals surface area contributed by atoms with Gasteiger partial charge in [-0.2, -0.15) is 4.72 Å². The van der Waals surface area contributed by atoms with E-state index in [0.717, 1.165) is 16.7 Å². The number of hydrogen-bond donors (Lipinski definition) is 4. The summed E-state index contributed by atoms with van der Waals surface area (Å²) in [5.41, 5.74) is 0.868. The van der Waals surface area contributed by atoms with Crippen molar-refractivity contribution in [3.63, 3.8) is 0 Å². The maximum atomic E-state index is 12.9. The third-order valence-corrected chi connectivity index (χ3v) is 8.23. The van der Waals surface area contributed by atoms with Gasteiger partial charge in [-0.3, -0.25) is 14.5 Å². The van der Waals surface area contributed by atoms with E-state index in [9.17, 15) is 32.7 Å². The number of hydrogen-bond acceptors (Lipinski definition) is 8. The molecular weight excluding hydrogens is 524 g/mol. The number of sulfonamides is 1. The Bertz CT molecular complexity index is 1380. The summed E-state index contributed by atoms with van der Waals surface area (Å²) in [6, 6.07) is 12.4. The van der Waals surface area contributed by atoms with Crippen molar-refractivity contribution in [3.05, 3.63) is 65.9 Å². The molecule has 14 heteroatoms. The summed E-state index contributed by atoms with van der Waals surface area (Å²) in [4.78, 5) is 48.6. The van der Waals surface area contributed by atoms with Crippen LogP contribution in [0.2, 0.25) is 0 Å². The van der Waals surface area contributed by atoms with E-state index in [1.807, 2.05) is 6.07 Å². The summed E-state index contributed by atoms with van der Waals surface area (Å²) in [6.45, 7) is 0.905. The molecule has 1 fully saturated rings. The number of amides is 3. The summed E-state index contributed by atoms with van der Waals surface area (Å²) in [7, 11) is -4.14. The van der Waals surface area contributed by atoms with Crippen molar-refractivity contribution in [1.82, 2.24) is 9.62 Å². The Balaban J connectivity index is 1.41. The van der Waals surface area contributed by atoms with E-state index in [1.54, 1.807) is 24.3 Å². The number of para-hydroxylation sites is 1. The second kappa shape index (κ2) is 10.6. The van der Waals surface area contributed by atoms with Crippen molar-refractivity contribution < 1.29 is 37.4 Å². The Labute approximate surface area is 216 Å². The lowest BCUT2D eigenvalue weighted by molar-refractivity contribution is -0.148. The van der Waals surface area contributed by atoms with Crippen LogP contribution in [0.5, 0.6) is 0 Å². The Kier molecular flexibility index (Phi) is 7.52. The summed E-state index contributed by atoms with van der Waals surface area (Å²) in [5.74, 6) is -2.55. The maximum Gasteiger partial charge on any atom is 0.352 e. The molecule has 2 atom stereocenters. The van der Waals surface area contributed by atoms with Gasteiger partial charge in [-0.05, 0) is 36.4 Å². The minimum atomic E-state index is -4.14. The Morgan fingerprint density at radius 2 is 1.68 bits per heavy atom. The van der Waals surface area contributed by atoms with Gasteiger partial charge in [-0.25, -0.2) is 18.0 Å². The molecule has 3 amide bonds. The molecular formula is C23H22N4O8S2. The Hall–Kier alpha value is -3.88. The monoisotopic (exact) mass is 546 g/mol. The number of urea groups is 1. The molecule has 1 saturated heterocycles. The van der Waals surface area contributed by atoms with Gasteiger partial charge < -0.3 is 20.5 Å². The van der Waals surface area contributed by atoms with Crippen LogP contribution in [0, 0.1) is 0 Å². The molecule has 194 valence electrons. The summed E-state index contributed by atoms with van der Waals surface area (Å²) in [5, 5.41) is 14.1. The van der Waals surface area contributed by atoms with E-state index < -0.39 is 45.3 Å². The van der Waals surface area contributed by atoms with Crippen molar-refractivity contribution in [2.24, 2.45) is 0 Å². The van der Waals surface area contributed by atoms with Crippen LogP contribution in [0.1, 0.15) is 6.92 Å². The Morgan fingerprint density at radius 3 is 2.27 bits per heavy atom. The normalized spacial score (nSPS) is 18.9. The van der Waals surface area contributed by atoms with Crippen LogP contribution in [0.4, 0.5) is 16.2 Å². The van der Waals surface area contributed by atoms with Crippen molar-refractivity contribution in [2.75, 3.05) is 23.0 Å². The number of thioether (sulfide) groups is 1. The van der Waals surface area contributed by atoms with E-state index >= 15 is 0 Å². The fourth-order valence-corrected chi connectivity index (χ4v) is 6.33. The van der Waals surface area contributed by atoms with Crippen LogP contribution in [-0.4, -0.2) is 66.1 Å². The number of fused-ring (bicyclic) bond motifs is 1. The zero-order chi connectivity index (χ0) is 26.7. The number of nitrogens with zero attached hydrogens (tertiary/aromatic N) is 1. The fraction of sp³-hybridized carbons (Fsp3) is 0.217. The van der Waals surface area contributed by atoms with Gasteiger partial charge in [0.05, 0.1) is 4.90 Å². The summed E-state index contributed by atoms with van der Waals surface area (Å²) in [6.07, 6.45) is 0. The molecule has 0 spiro atoms. The van der Waals surface area contributed by atoms with Crippen LogP contribution in [-0.2, 0) is 29.1 Å². The number of carbonyl (C=O) groups is 4. The molecule has 4 rings (SSSR count). The molecule has 2 heterocycles. The highest BCUT2D eigenvalue weighted by atomic mass is 32.2. The van der Waals surface area contributed by atoms with Crippen molar-refractivity contribution in [3.8, 4) is 0 Å². The number of carbonyl (C=O) groups excluding carboxylic acids is 3. The number of ether oxygens (including phenoxy) is 1. The number of anilines is 2. The van der Waals surface area contributed by atoms with Gasteiger partial charge in [-0.1, -0.05) is 18.2 Å². The van der Waals surface area contributed by atoms with E-state index in [2.05, 4.69) is 15.4 Å². The summed E-state index contributed by atoms with van der Waals surface area (Å²) < 4.78 is 33.0. The predicted octanol–water partition coefficient (Wildman–Crippen LogP) is 1.79. The van der Waals surface area contributed by atoms with E-state index in [-0.39, 0.29) is 28.5 Å². The third kappa shape index (κ3) is 5.76. The highest BCUT2D eigenvalue weighted by Gasteiger charge is 2.55. The highest BCUT2D eigenvalue weighted by Crippen LogP contribution is 2.40. The molecule has 4 N–H and O–H groups in total. The highest BCUT2D eigenvalue weighted by molar-refractivity contribution is 8.00. The van der Waals surface area contributed by atoms with Gasteiger partial charge in [0.25, 0.3) is 0 Å². The zero-order valence-corrected chi connectivity index (χ0v) is 21.0. The number of benzene rings is 2. The maximum absolute atomic E-state index is 12.9. The molecule has 0 aliphatic carbocycles. The molecule has 0 unspecified atom stereocenters. The van der Waals surface area contributed by atoms with E-state index in [1.165, 1.54) is 31.2 Å². The van der Waals surface area contributed by atoms with Gasteiger partial charge >= 0.3 is 18.0 Å². The standard InChI is InChI=1S/C23H22N4O8S2/c1-13(28)35-11-14-12-36-21-18(20(29)27(21)19(14)22(30)31)26-37(33,34)17-9-7-16(8-10-17)25-23(32)24-15-5-3-2-4-6-15/h2-10,18,21,26H,11-12H2,1H3,(H,30,31)(H2,24,25,32)/t18-,21-/m1/s1. The number of aliphatic carboxylic acids is 1. The first-order valence-corrected chi connectivity index (χ1v) is 13.4. The third-order valence-electron chi connectivity index (χ3n) is 5.44. The minimum Gasteiger partial charge on any atom is -0.477 e. The van der Waals surface area contributed by atoms with Gasteiger partial charge in [-0.15, -0.1) is 11.8 Å². The van der Waals surface area contributed by atoms with Crippen molar-refractivity contribution in [2.45, 2.75) is 23.2 Å². The molecule has 2 aromatic carbocycles. The molecule has 2 aliphatic rings. The second-order valence-electron chi connectivity index (χ2n) is 8.02. The molecule has 2 aliphatic heterocycles. The number of rotatable bonds is 8. The first-order chi connectivity index (χ1) is 17.6. The molecule has 12 nitrogen and oxygen atoms in total. The number of carboxylic acids is 1. The van der Waals surface area contributed by atoms with Crippen LogP contribution in [0.15, 0.2) is 70.8 Å². The number of β-lactam (4-membered cyclic amide) rings is 1. The van der Waals surface area contributed by atoms with Gasteiger partial charge in [0, 0.05) is 29.6 Å². The first-order valence-electron chi connectivity index (χ1n) is 10.9. The van der Waals surface area contributed by atoms with Crippen LogP contribution in [0.3, 0.4) is 0 Å². The molecule has 37 heavy (non-hydrogen) atoms. The average molecular weight is 547 g/mol. The van der Waals surface area contributed by atoms with Crippen LogP contribution in [0.25, 0.3) is 0 Å². The predicted molar refractivity (Wildman–Crippen MR) is 134 cm³/mol. The lowest BCUT2D eigenvalue weighted by Gasteiger charge is -2.49. The van der Waals surface area contributed by atoms with Gasteiger partial charge in [0.1, 0.15) is 23.7 Å². The first kappa shape index (κ1) is 26.2. The SMILES string of the molecule is CC(=O)OCC1=C(C(=O)O)N2C(=O)[C@@H](NS(=O)(=O)c3ccc(NC(=O)Nc4ccccc4)cc3)[C@H]2SC1. The second-order valence-corrected chi connectivity index (χ2v) is 10.8. The number of nitrogens with one attached hydrogen (secondary N) is 3. The average Bonchev–Trinajstić information content (AvgIpc) is 2.86. The van der Waals surface area contributed by atoms with Crippen LogP contribution < -0.4 is 15.4 Å². The van der Waals surface area contributed by atoms with Crippen molar-refractivity contribution >= 4 is 57.0 Å². The molecule has 0 radical (unpaired) electrons. The van der Waals surface area contributed by atoms with Gasteiger partial charge in [0.15, 0.2) is 0 Å². The van der Waals surface area contributed by atoms with E-state index in [0.29, 0.717) is 11.4 Å². The van der Waals surface area contributed by atoms with Crippen LogP contribution >= 0.6 is 11.8 Å². The number of esters is 1. The van der Waals surface area contributed by atoms with Gasteiger partial charge in [0.2, 0.25) is 15.9 Å². The topological polar surface area (TPSA) is 171 Å². The molecule has 2 aromatic rings. The fourth-order valence-electron chi connectivity index (χ4n) is 3.73. The minimum absolute atomic E-state index is 0.141. The smallest absolute Gasteiger partial charge is 0.352 e. The number of carboxylic acid groups (broad SMARTS) is 1.